The Balaban J connectivity index is 2.54. The van der Waals surface area contributed by atoms with E-state index in [1.54, 1.807) is 0 Å². The molecular weight excluding hydrogens is 246 g/mol. The molecule has 1 rings (SSSR count). The van der Waals surface area contributed by atoms with Crippen molar-refractivity contribution < 1.29 is 4.79 Å². The maximum Gasteiger partial charge on any atom is 0.228 e. The van der Waals surface area contributed by atoms with E-state index in [4.69, 9.17) is 18.0 Å². The van der Waals surface area contributed by atoms with E-state index in [1.165, 1.54) is 0 Å². The number of amides is 1. The van der Waals surface area contributed by atoms with Crippen molar-refractivity contribution in [2.75, 3.05) is 26.2 Å². The van der Waals surface area contributed by atoms with Crippen LogP contribution in [-0.2, 0) is 4.79 Å². The highest BCUT2D eigenvalue weighted by Crippen LogP contribution is 2.23. The molecule has 0 aromatic carbocycles. The van der Waals surface area contributed by atoms with Crippen LogP contribution in [0.2, 0.25) is 0 Å². The van der Waals surface area contributed by atoms with E-state index in [0.717, 1.165) is 32.6 Å². The van der Waals surface area contributed by atoms with Gasteiger partial charge in [0.25, 0.3) is 0 Å². The molecule has 1 amide bonds. The zero-order valence-corrected chi connectivity index (χ0v) is 12.7. The average molecular weight is 271 g/mol. The average Bonchev–Trinajstić information content (AvgIpc) is 2.37. The summed E-state index contributed by atoms with van der Waals surface area (Å²) >= 11 is 5.01. The summed E-state index contributed by atoms with van der Waals surface area (Å²) in [7, 11) is 0. The van der Waals surface area contributed by atoms with Gasteiger partial charge in [-0.25, -0.2) is 0 Å². The molecule has 1 atom stereocenters. The highest BCUT2D eigenvalue weighted by molar-refractivity contribution is 7.80. The van der Waals surface area contributed by atoms with Crippen LogP contribution in [0.4, 0.5) is 0 Å². The molecular formula is C13H25N3OS. The smallest absolute Gasteiger partial charge is 0.228 e. The largest absolute Gasteiger partial charge is 0.392 e. The monoisotopic (exact) mass is 271 g/mol. The Morgan fingerprint density at radius 1 is 1.33 bits per heavy atom. The van der Waals surface area contributed by atoms with Crippen LogP contribution in [0.3, 0.4) is 0 Å². The summed E-state index contributed by atoms with van der Waals surface area (Å²) in [6.45, 7) is 11.4. The lowest BCUT2D eigenvalue weighted by Gasteiger charge is -2.40. The van der Waals surface area contributed by atoms with Crippen LogP contribution in [-0.4, -0.2) is 52.9 Å². The molecule has 1 aliphatic heterocycles. The summed E-state index contributed by atoms with van der Waals surface area (Å²) in [6, 6.07) is 0.122. The van der Waals surface area contributed by atoms with Crippen LogP contribution in [0.1, 0.15) is 34.1 Å². The van der Waals surface area contributed by atoms with Gasteiger partial charge in [0.2, 0.25) is 5.91 Å². The van der Waals surface area contributed by atoms with E-state index < -0.39 is 0 Å². The molecule has 1 aliphatic rings. The first-order valence-electron chi connectivity index (χ1n) is 6.62. The summed E-state index contributed by atoms with van der Waals surface area (Å²) in [5.41, 5.74) is 5.41. The molecule has 0 saturated carbocycles. The van der Waals surface area contributed by atoms with E-state index in [0.29, 0.717) is 4.99 Å². The summed E-state index contributed by atoms with van der Waals surface area (Å²) < 4.78 is 0. The third-order valence-electron chi connectivity index (χ3n) is 4.02. The number of rotatable bonds is 4. The van der Waals surface area contributed by atoms with Gasteiger partial charge in [-0.2, -0.15) is 0 Å². The summed E-state index contributed by atoms with van der Waals surface area (Å²) in [6.07, 6.45) is 0.870. The van der Waals surface area contributed by atoms with Crippen LogP contribution >= 0.6 is 12.2 Å². The van der Waals surface area contributed by atoms with Gasteiger partial charge in [0.1, 0.15) is 0 Å². The van der Waals surface area contributed by atoms with Gasteiger partial charge in [0.05, 0.1) is 11.0 Å². The predicted molar refractivity (Wildman–Crippen MR) is 78.5 cm³/mol. The van der Waals surface area contributed by atoms with Gasteiger partial charge in [-0.05, 0) is 13.3 Å². The molecule has 18 heavy (non-hydrogen) atoms. The molecule has 0 aromatic heterocycles. The third kappa shape index (κ3) is 3.42. The molecule has 0 aliphatic carbocycles. The molecule has 104 valence electrons. The topological polar surface area (TPSA) is 49.6 Å². The number of nitrogens with two attached hydrogens (primary N) is 1. The SMILES string of the molecule is CCC(C)(C)C(=O)N1CCN(C(C)C(N)=S)CC1. The number of nitrogens with zero attached hydrogens (tertiary/aromatic N) is 2. The maximum absolute atomic E-state index is 12.3. The molecule has 0 bridgehead atoms. The maximum atomic E-state index is 12.3. The second kappa shape index (κ2) is 5.97. The van der Waals surface area contributed by atoms with Gasteiger partial charge in [0.15, 0.2) is 0 Å². The van der Waals surface area contributed by atoms with Gasteiger partial charge in [-0.1, -0.05) is 33.0 Å². The van der Waals surface area contributed by atoms with Crippen molar-refractivity contribution in [1.82, 2.24) is 9.80 Å². The fraction of sp³-hybridized carbons (Fsp3) is 0.846. The molecule has 0 aromatic rings. The lowest BCUT2D eigenvalue weighted by Crippen LogP contribution is -2.55. The molecule has 2 N–H and O–H groups in total. The standard InChI is InChI=1S/C13H25N3OS/c1-5-13(3,4)12(17)16-8-6-15(7-9-16)10(2)11(14)18/h10H,5-9H2,1-4H3,(H2,14,18). The lowest BCUT2D eigenvalue weighted by atomic mass is 9.88. The zero-order chi connectivity index (χ0) is 13.9. The van der Waals surface area contributed by atoms with Gasteiger partial charge < -0.3 is 10.6 Å². The van der Waals surface area contributed by atoms with E-state index in [1.807, 2.05) is 25.7 Å². The lowest BCUT2D eigenvalue weighted by molar-refractivity contribution is -0.142. The number of carbonyl (C=O) groups is 1. The summed E-state index contributed by atoms with van der Waals surface area (Å²) in [5, 5.41) is 0. The van der Waals surface area contributed by atoms with Crippen LogP contribution < -0.4 is 5.73 Å². The summed E-state index contributed by atoms with van der Waals surface area (Å²) in [4.78, 5) is 17.1. The van der Waals surface area contributed by atoms with Crippen LogP contribution in [0.5, 0.6) is 0 Å². The third-order valence-corrected chi connectivity index (χ3v) is 4.36. The van der Waals surface area contributed by atoms with Gasteiger partial charge >= 0.3 is 0 Å². The molecule has 0 spiro atoms. The fourth-order valence-corrected chi connectivity index (χ4v) is 2.22. The van der Waals surface area contributed by atoms with Gasteiger partial charge in [-0.3, -0.25) is 9.69 Å². The van der Waals surface area contributed by atoms with Crippen molar-refractivity contribution in [1.29, 1.82) is 0 Å². The summed E-state index contributed by atoms with van der Waals surface area (Å²) in [5.74, 6) is 0.257. The van der Waals surface area contributed by atoms with Crippen molar-refractivity contribution in [3.8, 4) is 0 Å². The minimum absolute atomic E-state index is 0.122. The minimum atomic E-state index is -0.253. The van der Waals surface area contributed by atoms with Gasteiger partial charge in [-0.15, -0.1) is 0 Å². The normalized spacial score (nSPS) is 19.7. The number of carbonyl (C=O) groups excluding carboxylic acids is 1. The first kappa shape index (κ1) is 15.4. The van der Waals surface area contributed by atoms with Crippen molar-refractivity contribution in [3.63, 3.8) is 0 Å². The molecule has 1 saturated heterocycles. The predicted octanol–water partition coefficient (Wildman–Crippen LogP) is 1.24. The Morgan fingerprint density at radius 2 is 1.83 bits per heavy atom. The Bertz CT molecular complexity index is 322. The number of piperazine rings is 1. The number of thiocarbonyl (C=S) groups is 1. The minimum Gasteiger partial charge on any atom is -0.392 e. The van der Waals surface area contributed by atoms with Crippen LogP contribution in [0.25, 0.3) is 0 Å². The second-order valence-electron chi connectivity index (χ2n) is 5.64. The van der Waals surface area contributed by atoms with Crippen molar-refractivity contribution in [3.05, 3.63) is 0 Å². The first-order chi connectivity index (χ1) is 8.29. The van der Waals surface area contributed by atoms with Crippen LogP contribution in [0, 0.1) is 5.41 Å². The Hall–Kier alpha value is -0.680. The van der Waals surface area contributed by atoms with Gasteiger partial charge in [0, 0.05) is 31.6 Å². The molecule has 1 unspecified atom stereocenters. The Morgan fingerprint density at radius 3 is 2.22 bits per heavy atom. The van der Waals surface area contributed by atoms with E-state index in [9.17, 15) is 4.79 Å². The van der Waals surface area contributed by atoms with E-state index in [-0.39, 0.29) is 17.4 Å². The van der Waals surface area contributed by atoms with Crippen LogP contribution in [0.15, 0.2) is 0 Å². The fourth-order valence-electron chi connectivity index (χ4n) is 2.07. The Labute approximate surface area is 115 Å². The molecule has 5 heteroatoms. The van der Waals surface area contributed by atoms with E-state index in [2.05, 4.69) is 11.8 Å². The molecule has 0 radical (unpaired) electrons. The quantitative estimate of drug-likeness (QED) is 0.782. The van der Waals surface area contributed by atoms with Crippen molar-refractivity contribution in [2.45, 2.75) is 40.2 Å². The molecule has 1 fully saturated rings. The highest BCUT2D eigenvalue weighted by Gasteiger charge is 2.32. The van der Waals surface area contributed by atoms with E-state index >= 15 is 0 Å². The zero-order valence-electron chi connectivity index (χ0n) is 11.9. The van der Waals surface area contributed by atoms with Crippen molar-refractivity contribution in [2.24, 2.45) is 11.1 Å². The first-order valence-corrected chi connectivity index (χ1v) is 7.03. The molecule has 4 nitrogen and oxygen atoms in total. The molecule has 1 heterocycles. The second-order valence-corrected chi connectivity index (χ2v) is 6.12. The number of hydrogen-bond acceptors (Lipinski definition) is 3. The van der Waals surface area contributed by atoms with Crippen molar-refractivity contribution >= 4 is 23.1 Å². The highest BCUT2D eigenvalue weighted by atomic mass is 32.1. The Kier molecular flexibility index (Phi) is 5.10. The number of hydrogen-bond donors (Lipinski definition) is 1.